The average Bonchev–Trinajstić information content (AvgIpc) is 2.82. The number of ether oxygens (including phenoxy) is 1. The fourth-order valence-electron chi connectivity index (χ4n) is 4.51. The summed E-state index contributed by atoms with van der Waals surface area (Å²) in [6, 6.07) is 4.13. The molecule has 0 bridgehead atoms. The number of aromatic nitrogens is 2. The van der Waals surface area contributed by atoms with Crippen molar-refractivity contribution >= 4 is 21.7 Å². The zero-order valence-electron chi connectivity index (χ0n) is 20.3. The first-order valence-electron chi connectivity index (χ1n) is 11.4. The van der Waals surface area contributed by atoms with Crippen LogP contribution in [0.2, 0.25) is 0 Å². The molecule has 0 saturated heterocycles. The largest absolute Gasteiger partial charge is 0.495 e. The van der Waals surface area contributed by atoms with Crippen molar-refractivity contribution < 1.29 is 36.5 Å². The van der Waals surface area contributed by atoms with Crippen molar-refractivity contribution in [1.29, 1.82) is 0 Å². The van der Waals surface area contributed by atoms with Gasteiger partial charge in [-0.1, -0.05) is 18.9 Å². The number of hydrogen-bond donors (Lipinski definition) is 3. The molecule has 0 spiro atoms. The van der Waals surface area contributed by atoms with Gasteiger partial charge in [0.2, 0.25) is 16.0 Å². The first kappa shape index (κ1) is 28.1. The molecule has 1 aromatic carbocycles. The summed E-state index contributed by atoms with van der Waals surface area (Å²) in [5.41, 5.74) is -0.436. The third-order valence-corrected chi connectivity index (χ3v) is 7.83. The summed E-state index contributed by atoms with van der Waals surface area (Å²) in [7, 11) is -0.673. The van der Waals surface area contributed by atoms with Crippen LogP contribution in [-0.2, 0) is 22.6 Å². The van der Waals surface area contributed by atoms with Crippen molar-refractivity contribution in [3.63, 3.8) is 0 Å². The van der Waals surface area contributed by atoms with Crippen LogP contribution in [0.4, 0.5) is 24.8 Å². The molecule has 1 aliphatic rings. The van der Waals surface area contributed by atoms with Crippen molar-refractivity contribution in [2.24, 2.45) is 5.92 Å². The molecule has 2 aromatic rings. The number of sulfonamides is 1. The molecule has 1 fully saturated rings. The first-order chi connectivity index (χ1) is 16.8. The third kappa shape index (κ3) is 6.64. The van der Waals surface area contributed by atoms with E-state index in [1.807, 2.05) is 0 Å². The Kier molecular flexibility index (Phi) is 8.80. The van der Waals surface area contributed by atoms with Gasteiger partial charge in [-0.25, -0.2) is 22.7 Å². The number of aliphatic hydroxyl groups excluding tert-OH is 2. The molecule has 200 valence electrons. The Morgan fingerprint density at radius 3 is 2.58 bits per heavy atom. The number of methoxy groups -OCH3 is 1. The molecular formula is C23H31F3N4O5S. The molecule has 3 atom stereocenters. The number of aliphatic hydroxyl groups is 2. The topological polar surface area (TPSA) is 125 Å². The Balaban J connectivity index is 1.95. The summed E-state index contributed by atoms with van der Waals surface area (Å²) in [6.07, 6.45) is -1.31. The van der Waals surface area contributed by atoms with Gasteiger partial charge in [0.25, 0.3) is 0 Å². The van der Waals surface area contributed by atoms with Gasteiger partial charge in [-0.15, -0.1) is 0 Å². The highest BCUT2D eigenvalue weighted by atomic mass is 32.2. The van der Waals surface area contributed by atoms with E-state index in [9.17, 15) is 26.7 Å². The van der Waals surface area contributed by atoms with Crippen LogP contribution < -0.4 is 10.1 Å². The molecule has 0 radical (unpaired) electrons. The molecule has 3 rings (SSSR count). The van der Waals surface area contributed by atoms with Crippen LogP contribution in [0.5, 0.6) is 5.75 Å². The number of halogens is 3. The second-order valence-corrected chi connectivity index (χ2v) is 11.0. The Morgan fingerprint density at radius 2 is 1.97 bits per heavy atom. The van der Waals surface area contributed by atoms with E-state index in [2.05, 4.69) is 15.3 Å². The number of rotatable bonds is 9. The predicted octanol–water partition coefficient (Wildman–Crippen LogP) is 3.27. The van der Waals surface area contributed by atoms with Crippen LogP contribution in [-0.4, -0.2) is 66.0 Å². The molecule has 1 saturated carbocycles. The van der Waals surface area contributed by atoms with Crippen molar-refractivity contribution in [2.45, 2.75) is 50.4 Å². The molecule has 36 heavy (non-hydrogen) atoms. The molecule has 0 unspecified atom stereocenters. The molecule has 0 amide bonds. The maximum atomic E-state index is 13.8. The minimum absolute atomic E-state index is 0.0602. The smallest absolute Gasteiger partial charge is 0.419 e. The molecular weight excluding hydrogens is 501 g/mol. The lowest BCUT2D eigenvalue weighted by atomic mass is 9.81. The number of nitrogens with one attached hydrogen (secondary N) is 1. The molecule has 1 heterocycles. The van der Waals surface area contributed by atoms with Crippen LogP contribution in [0.15, 0.2) is 24.4 Å². The van der Waals surface area contributed by atoms with Crippen molar-refractivity contribution in [3.8, 4) is 5.75 Å². The standard InChI is InChI=1S/C23H31F3N4O5S/c1-30(36(3,33)34)19-7-5-4-6-14(19)10-18-16(23(24,25)26)12-27-22(29-18)28-17-9-8-15(20(32)13-31)11-21(17)35-2/h8-9,11-12,14,19-20,31-32H,4-7,10,13H2,1-3H3,(H,27,28,29)/t14-,19+,20-/m0/s1. The minimum atomic E-state index is -4.68. The van der Waals surface area contributed by atoms with Crippen LogP contribution in [0.3, 0.4) is 0 Å². The van der Waals surface area contributed by atoms with Crippen LogP contribution in [0.25, 0.3) is 0 Å². The zero-order chi connectivity index (χ0) is 26.7. The lowest BCUT2D eigenvalue weighted by molar-refractivity contribution is -0.138. The first-order valence-corrected chi connectivity index (χ1v) is 13.3. The number of benzene rings is 1. The van der Waals surface area contributed by atoms with E-state index in [-0.39, 0.29) is 29.7 Å². The minimum Gasteiger partial charge on any atom is -0.495 e. The SMILES string of the molecule is COc1cc([C@@H](O)CO)ccc1Nc1ncc(C(F)(F)F)c(C[C@@H]2CCCC[C@H]2N(C)S(C)(=O)=O)n1. The van der Waals surface area contributed by atoms with Crippen molar-refractivity contribution in [2.75, 3.05) is 32.3 Å². The van der Waals surface area contributed by atoms with Crippen LogP contribution in [0.1, 0.15) is 48.6 Å². The zero-order valence-corrected chi connectivity index (χ0v) is 21.1. The Bertz CT molecular complexity index is 1160. The second-order valence-electron chi connectivity index (χ2n) is 8.93. The Hall–Kier alpha value is -2.48. The maximum Gasteiger partial charge on any atom is 0.419 e. The Labute approximate surface area is 208 Å². The lowest BCUT2D eigenvalue weighted by Crippen LogP contribution is -2.44. The van der Waals surface area contributed by atoms with Gasteiger partial charge in [0.05, 0.1) is 36.9 Å². The van der Waals surface area contributed by atoms with Gasteiger partial charge in [0.15, 0.2) is 0 Å². The van der Waals surface area contributed by atoms with E-state index in [1.165, 1.54) is 36.7 Å². The normalized spacial score (nSPS) is 19.8. The predicted molar refractivity (Wildman–Crippen MR) is 127 cm³/mol. The van der Waals surface area contributed by atoms with Gasteiger partial charge < -0.3 is 20.3 Å². The van der Waals surface area contributed by atoms with Crippen LogP contribution in [0, 0.1) is 5.92 Å². The maximum absolute atomic E-state index is 13.8. The van der Waals surface area contributed by atoms with Crippen molar-refractivity contribution in [1.82, 2.24) is 14.3 Å². The molecule has 3 N–H and O–H groups in total. The summed E-state index contributed by atoms with van der Waals surface area (Å²) in [4.78, 5) is 8.02. The molecule has 13 heteroatoms. The lowest BCUT2D eigenvalue weighted by Gasteiger charge is -2.37. The highest BCUT2D eigenvalue weighted by molar-refractivity contribution is 7.88. The summed E-state index contributed by atoms with van der Waals surface area (Å²) in [5, 5.41) is 21.9. The fourth-order valence-corrected chi connectivity index (χ4v) is 5.28. The number of alkyl halides is 3. The van der Waals surface area contributed by atoms with E-state index in [0.717, 1.165) is 25.3 Å². The van der Waals surface area contributed by atoms with E-state index in [1.54, 1.807) is 0 Å². The van der Waals surface area contributed by atoms with Gasteiger partial charge in [0, 0.05) is 19.3 Å². The van der Waals surface area contributed by atoms with Gasteiger partial charge in [-0.05, 0) is 42.9 Å². The van der Waals surface area contributed by atoms with E-state index in [0.29, 0.717) is 24.1 Å². The fraction of sp³-hybridized carbons (Fsp3) is 0.565. The molecule has 1 aromatic heterocycles. The molecule has 0 aliphatic heterocycles. The number of hydrogen-bond acceptors (Lipinski definition) is 8. The van der Waals surface area contributed by atoms with Gasteiger partial charge >= 0.3 is 6.18 Å². The average molecular weight is 533 g/mol. The number of nitrogens with zero attached hydrogens (tertiary/aromatic N) is 3. The number of anilines is 2. The van der Waals surface area contributed by atoms with Crippen LogP contribution >= 0.6 is 0 Å². The van der Waals surface area contributed by atoms with E-state index < -0.39 is 40.5 Å². The highest BCUT2D eigenvalue weighted by Gasteiger charge is 2.38. The van der Waals surface area contributed by atoms with Gasteiger partial charge in [0.1, 0.15) is 11.9 Å². The van der Waals surface area contributed by atoms with E-state index in [4.69, 9.17) is 9.84 Å². The summed E-state index contributed by atoms with van der Waals surface area (Å²) >= 11 is 0. The summed E-state index contributed by atoms with van der Waals surface area (Å²) < 4.78 is 72.2. The molecule has 1 aliphatic carbocycles. The highest BCUT2D eigenvalue weighted by Crippen LogP contribution is 2.37. The molecule has 9 nitrogen and oxygen atoms in total. The summed E-state index contributed by atoms with van der Waals surface area (Å²) in [5.74, 6) is -0.154. The second kappa shape index (κ2) is 11.3. The quantitative estimate of drug-likeness (QED) is 0.450. The van der Waals surface area contributed by atoms with Gasteiger partial charge in [-0.3, -0.25) is 0 Å². The van der Waals surface area contributed by atoms with E-state index >= 15 is 0 Å². The van der Waals surface area contributed by atoms with Gasteiger partial charge in [-0.2, -0.15) is 13.2 Å². The Morgan fingerprint density at radius 1 is 1.28 bits per heavy atom. The monoisotopic (exact) mass is 532 g/mol. The van der Waals surface area contributed by atoms with Crippen molar-refractivity contribution in [3.05, 3.63) is 41.2 Å². The summed E-state index contributed by atoms with van der Waals surface area (Å²) in [6.45, 7) is -0.488. The third-order valence-electron chi connectivity index (χ3n) is 6.52.